The van der Waals surface area contributed by atoms with Crippen molar-refractivity contribution in [2.45, 2.75) is 52.2 Å². The minimum Gasteiger partial charge on any atom is -0.481 e. The Bertz CT molecular complexity index is 931. The highest BCUT2D eigenvalue weighted by molar-refractivity contribution is 6.35. The first-order chi connectivity index (χ1) is 14.5. The molecule has 31 heavy (non-hydrogen) atoms. The molecule has 0 radical (unpaired) electrons. The maximum Gasteiger partial charge on any atom is 0.261 e. The van der Waals surface area contributed by atoms with Gasteiger partial charge in [-0.25, -0.2) is 4.39 Å². The number of amides is 2. The van der Waals surface area contributed by atoms with Crippen LogP contribution in [0.2, 0.25) is 10.0 Å². The highest BCUT2D eigenvalue weighted by atomic mass is 35.5. The van der Waals surface area contributed by atoms with Gasteiger partial charge >= 0.3 is 0 Å². The first-order valence-corrected chi connectivity index (χ1v) is 10.7. The van der Waals surface area contributed by atoms with Crippen molar-refractivity contribution in [1.29, 1.82) is 0 Å². The maximum absolute atomic E-state index is 13.9. The van der Waals surface area contributed by atoms with Crippen LogP contribution in [0.15, 0.2) is 42.5 Å². The normalized spacial score (nSPS) is 12.2. The lowest BCUT2D eigenvalue weighted by Gasteiger charge is -2.33. The third-order valence-electron chi connectivity index (χ3n) is 4.43. The summed E-state index contributed by atoms with van der Waals surface area (Å²) in [5, 5.41) is 3.76. The topological polar surface area (TPSA) is 58.6 Å². The van der Waals surface area contributed by atoms with Gasteiger partial charge in [-0.1, -0.05) is 48.3 Å². The Hall–Kier alpha value is -2.31. The van der Waals surface area contributed by atoms with E-state index in [2.05, 4.69) is 5.32 Å². The zero-order valence-electron chi connectivity index (χ0n) is 18.0. The smallest absolute Gasteiger partial charge is 0.261 e. The Morgan fingerprint density at radius 2 is 1.84 bits per heavy atom. The molecule has 8 heteroatoms. The van der Waals surface area contributed by atoms with Crippen LogP contribution in [-0.4, -0.2) is 34.9 Å². The molecular weight excluding hydrogens is 442 g/mol. The Labute approximate surface area is 192 Å². The third-order valence-corrected chi connectivity index (χ3v) is 5.01. The average Bonchev–Trinajstić information content (AvgIpc) is 2.67. The van der Waals surface area contributed by atoms with Crippen LogP contribution in [-0.2, 0) is 16.1 Å². The summed E-state index contributed by atoms with van der Waals surface area (Å²) in [6.07, 6.45) is 0.374. The third kappa shape index (κ3) is 7.40. The summed E-state index contributed by atoms with van der Waals surface area (Å²) in [5.74, 6) is -1.36. The number of halogens is 3. The maximum atomic E-state index is 13.9. The molecule has 0 aliphatic heterocycles. The van der Waals surface area contributed by atoms with Gasteiger partial charge in [0, 0.05) is 22.1 Å². The number of benzene rings is 2. The SMILES string of the molecule is CCC(C(=O)NC(C)(C)C)N(Cc1ccc(Cl)cc1Cl)C(=O)COc1ccccc1F. The fraction of sp³-hybridized carbons (Fsp3) is 0.391. The van der Waals surface area contributed by atoms with Crippen LogP contribution in [0.4, 0.5) is 4.39 Å². The number of nitrogens with zero attached hydrogens (tertiary/aromatic N) is 1. The van der Waals surface area contributed by atoms with Crippen molar-refractivity contribution >= 4 is 35.0 Å². The van der Waals surface area contributed by atoms with Crippen LogP contribution >= 0.6 is 23.2 Å². The number of carbonyl (C=O) groups is 2. The van der Waals surface area contributed by atoms with Gasteiger partial charge in [0.05, 0.1) is 0 Å². The first-order valence-electron chi connectivity index (χ1n) is 9.94. The van der Waals surface area contributed by atoms with E-state index >= 15 is 0 Å². The van der Waals surface area contributed by atoms with Crippen LogP contribution in [0.1, 0.15) is 39.7 Å². The summed E-state index contributed by atoms with van der Waals surface area (Å²) in [4.78, 5) is 27.4. The Kier molecular flexibility index (Phi) is 8.71. The van der Waals surface area contributed by atoms with Crippen molar-refractivity contribution in [3.05, 3.63) is 63.9 Å². The van der Waals surface area contributed by atoms with Crippen LogP contribution in [0.25, 0.3) is 0 Å². The van der Waals surface area contributed by atoms with Crippen molar-refractivity contribution < 1.29 is 18.7 Å². The van der Waals surface area contributed by atoms with E-state index in [1.54, 1.807) is 24.3 Å². The summed E-state index contributed by atoms with van der Waals surface area (Å²) in [5.41, 5.74) is 0.160. The number of rotatable bonds is 8. The molecule has 1 unspecified atom stereocenters. The molecular formula is C23H27Cl2FN2O3. The summed E-state index contributed by atoms with van der Waals surface area (Å²) in [6.45, 7) is 7.05. The quantitative estimate of drug-likeness (QED) is 0.576. The van der Waals surface area contributed by atoms with E-state index in [1.165, 1.54) is 23.1 Å². The molecule has 2 rings (SSSR count). The largest absolute Gasteiger partial charge is 0.481 e. The molecule has 0 fully saturated rings. The molecule has 5 nitrogen and oxygen atoms in total. The standard InChI is InChI=1S/C23H27Cl2FN2O3/c1-5-19(22(30)27-23(2,3)4)28(13-15-10-11-16(24)12-17(15)25)21(29)14-31-20-9-7-6-8-18(20)26/h6-12,19H,5,13-14H2,1-4H3,(H,27,30). The van der Waals surface area contributed by atoms with Gasteiger partial charge in [0.15, 0.2) is 18.2 Å². The highest BCUT2D eigenvalue weighted by Crippen LogP contribution is 2.24. The number of ether oxygens (including phenoxy) is 1. The molecule has 168 valence electrons. The summed E-state index contributed by atoms with van der Waals surface area (Å²) in [6, 6.07) is 10.0. The van der Waals surface area contributed by atoms with Crippen molar-refractivity contribution in [2.24, 2.45) is 0 Å². The van der Waals surface area contributed by atoms with Crippen molar-refractivity contribution in [3.8, 4) is 5.75 Å². The number of hydrogen-bond acceptors (Lipinski definition) is 3. The molecule has 0 bridgehead atoms. The van der Waals surface area contributed by atoms with Gasteiger partial charge in [0.1, 0.15) is 6.04 Å². The monoisotopic (exact) mass is 468 g/mol. The van der Waals surface area contributed by atoms with E-state index < -0.39 is 29.9 Å². The van der Waals surface area contributed by atoms with Crippen molar-refractivity contribution in [3.63, 3.8) is 0 Å². The summed E-state index contributed by atoms with van der Waals surface area (Å²) >= 11 is 12.3. The van der Waals surface area contributed by atoms with Gasteiger partial charge in [0.25, 0.3) is 5.91 Å². The van der Waals surface area contributed by atoms with Gasteiger partial charge in [-0.15, -0.1) is 0 Å². The average molecular weight is 469 g/mol. The van der Waals surface area contributed by atoms with Gasteiger partial charge in [0.2, 0.25) is 5.91 Å². The van der Waals surface area contributed by atoms with E-state index in [9.17, 15) is 14.0 Å². The Morgan fingerprint density at radius 3 is 2.42 bits per heavy atom. The van der Waals surface area contributed by atoms with Crippen LogP contribution in [0, 0.1) is 5.82 Å². The predicted octanol–water partition coefficient (Wildman–Crippen LogP) is 5.23. The molecule has 2 amide bonds. The molecule has 0 saturated carbocycles. The molecule has 1 N–H and O–H groups in total. The fourth-order valence-corrected chi connectivity index (χ4v) is 3.46. The summed E-state index contributed by atoms with van der Waals surface area (Å²) < 4.78 is 19.3. The van der Waals surface area contributed by atoms with E-state index in [-0.39, 0.29) is 18.2 Å². The number of carbonyl (C=O) groups excluding carboxylic acids is 2. The van der Waals surface area contributed by atoms with Crippen LogP contribution in [0.5, 0.6) is 5.75 Å². The van der Waals surface area contributed by atoms with Crippen molar-refractivity contribution in [1.82, 2.24) is 10.2 Å². The second-order valence-corrected chi connectivity index (χ2v) is 8.98. The zero-order valence-corrected chi connectivity index (χ0v) is 19.6. The van der Waals surface area contributed by atoms with Gasteiger partial charge < -0.3 is 15.0 Å². The molecule has 0 heterocycles. The highest BCUT2D eigenvalue weighted by Gasteiger charge is 2.31. The molecule has 2 aromatic rings. The fourth-order valence-electron chi connectivity index (χ4n) is 2.99. The minimum atomic E-state index is -0.761. The molecule has 1 atom stereocenters. The predicted molar refractivity (Wildman–Crippen MR) is 121 cm³/mol. The molecule has 2 aromatic carbocycles. The first kappa shape index (κ1) is 25.0. The van der Waals surface area contributed by atoms with Gasteiger partial charge in [-0.2, -0.15) is 0 Å². The van der Waals surface area contributed by atoms with Gasteiger partial charge in [-0.3, -0.25) is 9.59 Å². The molecule has 0 saturated heterocycles. The molecule has 0 aliphatic rings. The Balaban J connectivity index is 2.29. The van der Waals surface area contributed by atoms with E-state index in [0.29, 0.717) is 22.0 Å². The van der Waals surface area contributed by atoms with E-state index in [0.717, 1.165) is 0 Å². The lowest BCUT2D eigenvalue weighted by atomic mass is 10.1. The molecule has 0 spiro atoms. The van der Waals surface area contributed by atoms with Crippen LogP contribution in [0.3, 0.4) is 0 Å². The Morgan fingerprint density at radius 1 is 1.16 bits per heavy atom. The molecule has 0 aliphatic carbocycles. The zero-order chi connectivity index (χ0) is 23.2. The second kappa shape index (κ2) is 10.8. The summed E-state index contributed by atoms with van der Waals surface area (Å²) in [7, 11) is 0. The van der Waals surface area contributed by atoms with Crippen LogP contribution < -0.4 is 10.1 Å². The molecule has 0 aromatic heterocycles. The van der Waals surface area contributed by atoms with E-state index in [1.807, 2.05) is 27.7 Å². The number of para-hydroxylation sites is 1. The van der Waals surface area contributed by atoms with Crippen molar-refractivity contribution in [2.75, 3.05) is 6.61 Å². The number of hydrogen-bond donors (Lipinski definition) is 1. The van der Waals surface area contributed by atoms with Gasteiger partial charge in [-0.05, 0) is 57.0 Å². The lowest BCUT2D eigenvalue weighted by molar-refractivity contribution is -0.143. The number of nitrogens with one attached hydrogen (secondary N) is 1. The second-order valence-electron chi connectivity index (χ2n) is 8.14. The minimum absolute atomic E-state index is 0.0347. The lowest BCUT2D eigenvalue weighted by Crippen LogP contribution is -2.54. The van der Waals surface area contributed by atoms with E-state index in [4.69, 9.17) is 27.9 Å².